The van der Waals surface area contributed by atoms with Gasteiger partial charge in [0.2, 0.25) is 0 Å². The molecule has 0 atom stereocenters. The minimum absolute atomic E-state index is 0.0987. The molecule has 3 nitrogen and oxygen atoms in total. The molecule has 1 saturated heterocycles. The van der Waals surface area contributed by atoms with Crippen molar-refractivity contribution in [1.82, 2.24) is 4.90 Å². The Morgan fingerprint density at radius 1 is 1.04 bits per heavy atom. The number of hydrogen-bond acceptors (Lipinski definition) is 2. The fourth-order valence-corrected chi connectivity index (χ4v) is 3.22. The minimum atomic E-state index is -0.463. The van der Waals surface area contributed by atoms with Gasteiger partial charge in [0, 0.05) is 42.6 Å². The second-order valence-electron chi connectivity index (χ2n) is 5.51. The molecule has 0 spiro atoms. The summed E-state index contributed by atoms with van der Waals surface area (Å²) < 4.78 is 13.5. The molecular weight excluding hydrogens is 368 g/mol. The molecule has 0 aromatic heterocycles. The van der Waals surface area contributed by atoms with Gasteiger partial charge in [-0.25, -0.2) is 4.39 Å². The number of nitrogens with zero attached hydrogens (tertiary/aromatic N) is 2. The van der Waals surface area contributed by atoms with Gasteiger partial charge in [-0.3, -0.25) is 0 Å². The van der Waals surface area contributed by atoms with Crippen LogP contribution in [0.1, 0.15) is 0 Å². The second kappa shape index (κ2) is 7.55. The number of thiocarbonyl (C=S) groups is 1. The van der Waals surface area contributed by atoms with E-state index in [4.69, 9.17) is 35.4 Å². The summed E-state index contributed by atoms with van der Waals surface area (Å²) >= 11 is 17.2. The van der Waals surface area contributed by atoms with Crippen LogP contribution in [0, 0.1) is 5.82 Å². The summed E-state index contributed by atoms with van der Waals surface area (Å²) in [6, 6.07) is 12.4. The third kappa shape index (κ3) is 4.09. The Hall–Kier alpha value is -1.56. The first kappa shape index (κ1) is 17.3. The molecule has 0 bridgehead atoms. The average molecular weight is 384 g/mol. The SMILES string of the molecule is Fc1cc(NC(=S)N2CCN(c3cccc(Cl)c3)CC2)ccc1Cl. The van der Waals surface area contributed by atoms with Crippen molar-refractivity contribution in [2.24, 2.45) is 0 Å². The maximum absolute atomic E-state index is 13.5. The van der Waals surface area contributed by atoms with Crippen molar-refractivity contribution in [3.63, 3.8) is 0 Å². The molecule has 7 heteroatoms. The van der Waals surface area contributed by atoms with E-state index in [1.165, 1.54) is 12.1 Å². The topological polar surface area (TPSA) is 18.5 Å². The van der Waals surface area contributed by atoms with Crippen molar-refractivity contribution in [2.45, 2.75) is 0 Å². The van der Waals surface area contributed by atoms with Crippen molar-refractivity contribution in [3.05, 3.63) is 58.3 Å². The molecule has 1 aliphatic rings. The predicted octanol–water partition coefficient (Wildman–Crippen LogP) is 4.65. The zero-order chi connectivity index (χ0) is 17.1. The minimum Gasteiger partial charge on any atom is -0.368 e. The van der Waals surface area contributed by atoms with Crippen LogP contribution in [0.25, 0.3) is 0 Å². The number of halogens is 3. The number of anilines is 2. The van der Waals surface area contributed by atoms with Crippen LogP contribution in [0.2, 0.25) is 10.0 Å². The Morgan fingerprint density at radius 2 is 1.79 bits per heavy atom. The molecule has 1 heterocycles. The number of nitrogens with one attached hydrogen (secondary N) is 1. The molecule has 2 aromatic carbocycles. The summed E-state index contributed by atoms with van der Waals surface area (Å²) in [5.74, 6) is -0.463. The first-order valence-corrected chi connectivity index (χ1v) is 8.71. The van der Waals surface area contributed by atoms with Crippen LogP contribution in [0.4, 0.5) is 15.8 Å². The molecule has 24 heavy (non-hydrogen) atoms. The van der Waals surface area contributed by atoms with Gasteiger partial charge in [0.05, 0.1) is 5.02 Å². The summed E-state index contributed by atoms with van der Waals surface area (Å²) in [6.07, 6.45) is 0. The van der Waals surface area contributed by atoms with Gasteiger partial charge in [0.15, 0.2) is 5.11 Å². The van der Waals surface area contributed by atoms with Crippen molar-refractivity contribution in [1.29, 1.82) is 0 Å². The zero-order valence-corrected chi connectivity index (χ0v) is 15.1. The van der Waals surface area contributed by atoms with E-state index in [1.54, 1.807) is 6.07 Å². The molecule has 1 fully saturated rings. The lowest BCUT2D eigenvalue weighted by Crippen LogP contribution is -2.50. The van der Waals surface area contributed by atoms with Gasteiger partial charge < -0.3 is 15.1 Å². The van der Waals surface area contributed by atoms with Crippen LogP contribution in [0.3, 0.4) is 0 Å². The molecule has 3 rings (SSSR count). The smallest absolute Gasteiger partial charge is 0.173 e. The molecule has 0 unspecified atom stereocenters. The van der Waals surface area contributed by atoms with Crippen molar-refractivity contribution in [2.75, 3.05) is 36.4 Å². The molecule has 2 aromatic rings. The maximum atomic E-state index is 13.5. The van der Waals surface area contributed by atoms with Crippen LogP contribution >= 0.6 is 35.4 Å². The molecule has 0 saturated carbocycles. The highest BCUT2D eigenvalue weighted by Crippen LogP contribution is 2.22. The first-order chi connectivity index (χ1) is 11.5. The second-order valence-corrected chi connectivity index (χ2v) is 6.74. The Labute approximate surface area is 156 Å². The summed E-state index contributed by atoms with van der Waals surface area (Å²) in [7, 11) is 0. The van der Waals surface area contributed by atoms with Gasteiger partial charge >= 0.3 is 0 Å². The van der Waals surface area contributed by atoms with Crippen molar-refractivity contribution in [3.8, 4) is 0 Å². The summed E-state index contributed by atoms with van der Waals surface area (Å²) in [5.41, 5.74) is 1.71. The molecule has 0 radical (unpaired) electrons. The Bertz CT molecular complexity index is 748. The first-order valence-electron chi connectivity index (χ1n) is 7.54. The number of benzene rings is 2. The zero-order valence-electron chi connectivity index (χ0n) is 12.8. The van der Waals surface area contributed by atoms with Crippen LogP contribution in [0.5, 0.6) is 0 Å². The number of piperazine rings is 1. The van der Waals surface area contributed by atoms with Crippen molar-refractivity contribution >= 4 is 51.9 Å². The summed E-state index contributed by atoms with van der Waals surface area (Å²) in [4.78, 5) is 4.34. The van der Waals surface area contributed by atoms with Gasteiger partial charge in [-0.1, -0.05) is 29.3 Å². The van der Waals surface area contributed by atoms with Gasteiger partial charge in [-0.2, -0.15) is 0 Å². The molecule has 126 valence electrons. The third-order valence-corrected chi connectivity index (χ3v) is 4.81. The Balaban J connectivity index is 1.58. The van der Waals surface area contributed by atoms with Gasteiger partial charge in [-0.05, 0) is 48.6 Å². The van der Waals surface area contributed by atoms with E-state index in [0.717, 1.165) is 36.9 Å². The van der Waals surface area contributed by atoms with Gasteiger partial charge in [0.25, 0.3) is 0 Å². The van der Waals surface area contributed by atoms with E-state index in [2.05, 4.69) is 21.2 Å². The number of rotatable bonds is 2. The van der Waals surface area contributed by atoms with E-state index >= 15 is 0 Å². The highest BCUT2D eigenvalue weighted by Gasteiger charge is 2.19. The lowest BCUT2D eigenvalue weighted by molar-refractivity contribution is 0.391. The normalized spacial score (nSPS) is 14.6. The molecular formula is C17H16Cl2FN3S. The van der Waals surface area contributed by atoms with E-state index in [-0.39, 0.29) is 5.02 Å². The highest BCUT2D eigenvalue weighted by atomic mass is 35.5. The van der Waals surface area contributed by atoms with E-state index in [1.807, 2.05) is 18.2 Å². The monoisotopic (exact) mass is 383 g/mol. The highest BCUT2D eigenvalue weighted by molar-refractivity contribution is 7.80. The predicted molar refractivity (Wildman–Crippen MR) is 103 cm³/mol. The van der Waals surface area contributed by atoms with E-state index in [0.29, 0.717) is 10.8 Å². The lowest BCUT2D eigenvalue weighted by atomic mass is 10.2. The fraction of sp³-hybridized carbons (Fsp3) is 0.235. The molecule has 1 N–H and O–H groups in total. The fourth-order valence-electron chi connectivity index (χ4n) is 2.62. The van der Waals surface area contributed by atoms with Gasteiger partial charge in [-0.15, -0.1) is 0 Å². The number of hydrogen-bond donors (Lipinski definition) is 1. The van der Waals surface area contributed by atoms with Crippen LogP contribution < -0.4 is 10.2 Å². The molecule has 1 aliphatic heterocycles. The Kier molecular flexibility index (Phi) is 5.43. The van der Waals surface area contributed by atoms with Crippen LogP contribution in [-0.2, 0) is 0 Å². The summed E-state index contributed by atoms with van der Waals surface area (Å²) in [5, 5.41) is 4.48. The molecule has 0 amide bonds. The Morgan fingerprint density at radius 3 is 2.46 bits per heavy atom. The van der Waals surface area contributed by atoms with Crippen LogP contribution in [0.15, 0.2) is 42.5 Å². The third-order valence-electron chi connectivity index (χ3n) is 3.91. The average Bonchev–Trinajstić information content (AvgIpc) is 2.58. The standard InChI is InChI=1S/C17H16Cl2FN3S/c18-12-2-1-3-14(10-12)22-6-8-23(9-7-22)17(24)21-13-4-5-15(19)16(20)11-13/h1-5,10-11H,6-9H2,(H,21,24). The molecule has 0 aliphatic carbocycles. The largest absolute Gasteiger partial charge is 0.368 e. The quantitative estimate of drug-likeness (QED) is 0.760. The van der Waals surface area contributed by atoms with Crippen LogP contribution in [-0.4, -0.2) is 36.2 Å². The van der Waals surface area contributed by atoms with Gasteiger partial charge in [0.1, 0.15) is 5.82 Å². The lowest BCUT2D eigenvalue weighted by Gasteiger charge is -2.37. The maximum Gasteiger partial charge on any atom is 0.173 e. The summed E-state index contributed by atoms with van der Waals surface area (Å²) in [6.45, 7) is 3.26. The van der Waals surface area contributed by atoms with E-state index in [9.17, 15) is 4.39 Å². The van der Waals surface area contributed by atoms with E-state index < -0.39 is 5.82 Å². The van der Waals surface area contributed by atoms with Crippen molar-refractivity contribution < 1.29 is 4.39 Å².